The molecular formula is C15H14ClN3O3. The molecule has 0 atom stereocenters. The summed E-state index contributed by atoms with van der Waals surface area (Å²) in [5.41, 5.74) is 1.18. The number of carbonyl (C=O) groups is 2. The van der Waals surface area contributed by atoms with E-state index >= 15 is 0 Å². The van der Waals surface area contributed by atoms with Crippen LogP contribution in [0.25, 0.3) is 0 Å². The van der Waals surface area contributed by atoms with Gasteiger partial charge in [0.1, 0.15) is 16.5 Å². The van der Waals surface area contributed by atoms with Crippen molar-refractivity contribution >= 4 is 29.2 Å². The summed E-state index contributed by atoms with van der Waals surface area (Å²) in [4.78, 5) is 28.0. The monoisotopic (exact) mass is 319 g/mol. The van der Waals surface area contributed by atoms with Gasteiger partial charge in [-0.3, -0.25) is 10.1 Å². The van der Waals surface area contributed by atoms with Gasteiger partial charge in [-0.2, -0.15) is 0 Å². The summed E-state index contributed by atoms with van der Waals surface area (Å²) in [7, 11) is 1.41. The van der Waals surface area contributed by atoms with E-state index in [0.29, 0.717) is 11.4 Å². The molecular weight excluding hydrogens is 306 g/mol. The number of imide groups is 1. The SMILES string of the molecule is COc1cc(C)nc(Cl)c1C(=O)NC(=O)Nc1ccccc1. The molecule has 0 spiro atoms. The first kappa shape index (κ1) is 15.8. The highest BCUT2D eigenvalue weighted by Gasteiger charge is 2.20. The van der Waals surface area contributed by atoms with Crippen LogP contribution >= 0.6 is 11.6 Å². The molecule has 0 aliphatic rings. The van der Waals surface area contributed by atoms with Crippen LogP contribution in [0.15, 0.2) is 36.4 Å². The van der Waals surface area contributed by atoms with E-state index in [0.717, 1.165) is 0 Å². The Morgan fingerprint density at radius 2 is 1.91 bits per heavy atom. The highest BCUT2D eigenvalue weighted by molar-refractivity contribution is 6.33. The number of nitrogens with zero attached hydrogens (tertiary/aromatic N) is 1. The highest BCUT2D eigenvalue weighted by Crippen LogP contribution is 2.25. The van der Waals surface area contributed by atoms with Crippen LogP contribution in [0.4, 0.5) is 10.5 Å². The standard InChI is InChI=1S/C15H14ClN3O3/c1-9-8-11(22-2)12(13(16)17-9)14(20)19-15(21)18-10-6-4-3-5-7-10/h3-8H,1-2H3,(H2,18,19,20,21). The largest absolute Gasteiger partial charge is 0.496 e. The van der Waals surface area contributed by atoms with Crippen molar-refractivity contribution in [3.63, 3.8) is 0 Å². The Morgan fingerprint density at radius 3 is 2.55 bits per heavy atom. The summed E-state index contributed by atoms with van der Waals surface area (Å²) in [6.45, 7) is 1.72. The number of amides is 3. The zero-order valence-corrected chi connectivity index (χ0v) is 12.8. The van der Waals surface area contributed by atoms with Crippen LogP contribution in [0.1, 0.15) is 16.1 Å². The minimum atomic E-state index is -0.692. The molecule has 2 rings (SSSR count). The van der Waals surface area contributed by atoms with Crippen molar-refractivity contribution in [1.29, 1.82) is 0 Å². The number of hydrogen-bond donors (Lipinski definition) is 2. The molecule has 2 aromatic rings. The third-order valence-corrected chi connectivity index (χ3v) is 3.05. The van der Waals surface area contributed by atoms with Crippen molar-refractivity contribution < 1.29 is 14.3 Å². The van der Waals surface area contributed by atoms with Gasteiger partial charge in [0.05, 0.1) is 7.11 Å². The van der Waals surface area contributed by atoms with Crippen LogP contribution in [0, 0.1) is 6.92 Å². The number of urea groups is 1. The number of ether oxygens (including phenoxy) is 1. The normalized spacial score (nSPS) is 9.95. The van der Waals surface area contributed by atoms with Crippen molar-refractivity contribution in [3.05, 3.63) is 52.8 Å². The number of carbonyl (C=O) groups excluding carboxylic acids is 2. The van der Waals surface area contributed by atoms with Crippen LogP contribution in [0.3, 0.4) is 0 Å². The maximum absolute atomic E-state index is 12.2. The quantitative estimate of drug-likeness (QED) is 0.852. The molecule has 0 bridgehead atoms. The second-order valence-electron chi connectivity index (χ2n) is 4.41. The van der Waals surface area contributed by atoms with Crippen LogP contribution < -0.4 is 15.4 Å². The Bertz CT molecular complexity index is 705. The number of halogens is 1. The number of benzene rings is 1. The van der Waals surface area contributed by atoms with Gasteiger partial charge >= 0.3 is 6.03 Å². The summed E-state index contributed by atoms with van der Waals surface area (Å²) in [6, 6.07) is 9.64. The first-order chi connectivity index (χ1) is 10.5. The van der Waals surface area contributed by atoms with E-state index in [1.165, 1.54) is 7.11 Å². The molecule has 1 heterocycles. The Morgan fingerprint density at radius 1 is 1.23 bits per heavy atom. The molecule has 6 nitrogen and oxygen atoms in total. The van der Waals surface area contributed by atoms with Gasteiger partial charge in [0.2, 0.25) is 0 Å². The zero-order chi connectivity index (χ0) is 16.1. The second kappa shape index (κ2) is 6.91. The number of nitrogens with one attached hydrogen (secondary N) is 2. The van der Waals surface area contributed by atoms with E-state index in [1.54, 1.807) is 37.3 Å². The average molecular weight is 320 g/mol. The maximum Gasteiger partial charge on any atom is 0.326 e. The van der Waals surface area contributed by atoms with Gasteiger partial charge in [-0.05, 0) is 19.1 Å². The zero-order valence-electron chi connectivity index (χ0n) is 12.0. The summed E-state index contributed by atoms with van der Waals surface area (Å²) in [6.07, 6.45) is 0. The van der Waals surface area contributed by atoms with Crippen LogP contribution in [-0.4, -0.2) is 24.0 Å². The molecule has 0 saturated carbocycles. The van der Waals surface area contributed by atoms with Crippen molar-refractivity contribution in [2.45, 2.75) is 6.92 Å². The van der Waals surface area contributed by atoms with Crippen LogP contribution in [0.2, 0.25) is 5.15 Å². The van der Waals surface area contributed by atoms with E-state index < -0.39 is 11.9 Å². The van der Waals surface area contributed by atoms with Gasteiger partial charge in [0, 0.05) is 17.4 Å². The molecule has 22 heavy (non-hydrogen) atoms. The van der Waals surface area contributed by atoms with Gasteiger partial charge in [0.15, 0.2) is 0 Å². The summed E-state index contributed by atoms with van der Waals surface area (Å²) < 4.78 is 5.11. The van der Waals surface area contributed by atoms with E-state index in [9.17, 15) is 9.59 Å². The molecule has 7 heteroatoms. The van der Waals surface area contributed by atoms with Crippen LogP contribution in [0.5, 0.6) is 5.75 Å². The number of aryl methyl sites for hydroxylation is 1. The molecule has 0 saturated heterocycles. The van der Waals surface area contributed by atoms with E-state index in [4.69, 9.17) is 16.3 Å². The predicted octanol–water partition coefficient (Wildman–Crippen LogP) is 3.01. The minimum absolute atomic E-state index is 0.0120. The third kappa shape index (κ3) is 3.73. The topological polar surface area (TPSA) is 80.3 Å². The maximum atomic E-state index is 12.2. The Labute approximate surface area is 132 Å². The number of anilines is 1. The fourth-order valence-corrected chi connectivity index (χ4v) is 2.13. The summed E-state index contributed by atoms with van der Waals surface area (Å²) >= 11 is 5.97. The Hall–Kier alpha value is -2.60. The molecule has 1 aromatic heterocycles. The predicted molar refractivity (Wildman–Crippen MR) is 83.5 cm³/mol. The fraction of sp³-hybridized carbons (Fsp3) is 0.133. The van der Waals surface area contributed by atoms with Gasteiger partial charge < -0.3 is 10.1 Å². The van der Waals surface area contributed by atoms with Crippen molar-refractivity contribution in [2.75, 3.05) is 12.4 Å². The van der Waals surface area contributed by atoms with Crippen molar-refractivity contribution in [2.24, 2.45) is 0 Å². The number of rotatable bonds is 3. The van der Waals surface area contributed by atoms with Gasteiger partial charge in [0.25, 0.3) is 5.91 Å². The lowest BCUT2D eigenvalue weighted by atomic mass is 10.2. The molecule has 2 N–H and O–H groups in total. The summed E-state index contributed by atoms with van der Waals surface area (Å²) in [5, 5.41) is 4.70. The smallest absolute Gasteiger partial charge is 0.326 e. The second-order valence-corrected chi connectivity index (χ2v) is 4.76. The Balaban J connectivity index is 2.14. The van der Waals surface area contributed by atoms with Gasteiger partial charge in [-0.1, -0.05) is 29.8 Å². The number of pyridine rings is 1. The molecule has 0 aliphatic heterocycles. The van der Waals surface area contributed by atoms with Crippen molar-refractivity contribution in [3.8, 4) is 5.75 Å². The lowest BCUT2D eigenvalue weighted by molar-refractivity contribution is 0.0964. The van der Waals surface area contributed by atoms with Crippen LogP contribution in [-0.2, 0) is 0 Å². The van der Waals surface area contributed by atoms with Gasteiger partial charge in [-0.25, -0.2) is 9.78 Å². The molecule has 3 amide bonds. The number of hydrogen-bond acceptors (Lipinski definition) is 4. The molecule has 1 aromatic carbocycles. The Kier molecular flexibility index (Phi) is 4.95. The molecule has 0 fully saturated rings. The minimum Gasteiger partial charge on any atom is -0.496 e. The van der Waals surface area contributed by atoms with E-state index in [2.05, 4.69) is 15.6 Å². The molecule has 0 aliphatic carbocycles. The number of aromatic nitrogens is 1. The lowest BCUT2D eigenvalue weighted by Gasteiger charge is -2.11. The number of methoxy groups -OCH3 is 1. The first-order valence-electron chi connectivity index (χ1n) is 6.39. The fourth-order valence-electron chi connectivity index (χ4n) is 1.82. The van der Waals surface area contributed by atoms with E-state index in [-0.39, 0.29) is 16.5 Å². The molecule has 0 radical (unpaired) electrons. The highest BCUT2D eigenvalue weighted by atomic mass is 35.5. The molecule has 0 unspecified atom stereocenters. The lowest BCUT2D eigenvalue weighted by Crippen LogP contribution is -2.34. The van der Waals surface area contributed by atoms with E-state index in [1.807, 2.05) is 6.07 Å². The average Bonchev–Trinajstić information content (AvgIpc) is 2.46. The van der Waals surface area contributed by atoms with Gasteiger partial charge in [-0.15, -0.1) is 0 Å². The molecule has 114 valence electrons. The number of para-hydroxylation sites is 1. The third-order valence-electron chi connectivity index (χ3n) is 2.77. The first-order valence-corrected chi connectivity index (χ1v) is 6.77. The summed E-state index contributed by atoms with van der Waals surface area (Å²) in [5.74, 6) is -0.440. The van der Waals surface area contributed by atoms with Crippen molar-refractivity contribution in [1.82, 2.24) is 10.3 Å².